The van der Waals surface area contributed by atoms with Gasteiger partial charge in [0, 0.05) is 10.4 Å². The van der Waals surface area contributed by atoms with Crippen molar-refractivity contribution >= 4 is 27.1 Å². The van der Waals surface area contributed by atoms with Crippen LogP contribution in [-0.2, 0) is 0 Å². The molecule has 0 aliphatic rings. The maximum absolute atomic E-state index is 3.68. The Morgan fingerprint density at radius 2 is 1.90 bits per heavy atom. The van der Waals surface area contributed by atoms with Crippen molar-refractivity contribution in [3.63, 3.8) is 0 Å². The zero-order valence-corrected chi connectivity index (χ0v) is 12.5. The third-order valence-corrected chi connectivity index (χ3v) is 4.47. The fourth-order valence-electron chi connectivity index (χ4n) is 2.55. The van der Waals surface area contributed by atoms with Crippen LogP contribution in [0.5, 0.6) is 0 Å². The molecule has 1 N–H and O–H groups in total. The van der Waals surface area contributed by atoms with Crippen LogP contribution in [0.15, 0.2) is 60.0 Å². The van der Waals surface area contributed by atoms with E-state index in [2.05, 4.69) is 72.2 Å². The highest BCUT2D eigenvalue weighted by Crippen LogP contribution is 2.28. The van der Waals surface area contributed by atoms with Crippen molar-refractivity contribution < 1.29 is 0 Å². The van der Waals surface area contributed by atoms with Crippen molar-refractivity contribution in [3.05, 3.63) is 65.5 Å². The Kier molecular flexibility index (Phi) is 4.03. The smallest absolute Gasteiger partial charge is 0.0513 e. The number of benzene rings is 2. The minimum atomic E-state index is 0.386. The van der Waals surface area contributed by atoms with Gasteiger partial charge in [0.25, 0.3) is 0 Å². The molecular weight excluding hydrogens is 262 g/mol. The molecule has 20 heavy (non-hydrogen) atoms. The minimum Gasteiger partial charge on any atom is -0.378 e. The summed E-state index contributed by atoms with van der Waals surface area (Å²) in [5.74, 6) is 0. The quantitative estimate of drug-likeness (QED) is 0.618. The number of nitrogens with one attached hydrogen (secondary N) is 1. The van der Waals surface area contributed by atoms with E-state index in [1.807, 2.05) is 0 Å². The fraction of sp³-hybridized carbons (Fsp3) is 0.222. The van der Waals surface area contributed by atoms with E-state index in [1.54, 1.807) is 11.3 Å². The van der Waals surface area contributed by atoms with Gasteiger partial charge in [0.15, 0.2) is 0 Å². The van der Waals surface area contributed by atoms with Crippen molar-refractivity contribution in [1.29, 1.82) is 0 Å². The third-order valence-electron chi connectivity index (χ3n) is 3.57. The van der Waals surface area contributed by atoms with Gasteiger partial charge in [0.2, 0.25) is 0 Å². The highest BCUT2D eigenvalue weighted by atomic mass is 32.1. The molecule has 0 saturated carbocycles. The van der Waals surface area contributed by atoms with E-state index in [4.69, 9.17) is 0 Å². The average molecular weight is 281 g/mol. The van der Waals surface area contributed by atoms with Gasteiger partial charge < -0.3 is 5.32 Å². The van der Waals surface area contributed by atoms with Crippen molar-refractivity contribution in [3.8, 4) is 0 Å². The molecule has 2 aromatic carbocycles. The highest BCUT2D eigenvalue weighted by molar-refractivity contribution is 7.17. The lowest BCUT2D eigenvalue weighted by Crippen LogP contribution is -2.10. The molecule has 0 radical (unpaired) electrons. The molecular formula is C18H19NS. The summed E-state index contributed by atoms with van der Waals surface area (Å²) in [6, 6.07) is 19.9. The molecule has 0 aliphatic carbocycles. The highest BCUT2D eigenvalue weighted by Gasteiger charge is 2.10. The van der Waals surface area contributed by atoms with E-state index >= 15 is 0 Å². The van der Waals surface area contributed by atoms with Crippen LogP contribution in [0, 0.1) is 0 Å². The summed E-state index contributed by atoms with van der Waals surface area (Å²) in [5, 5.41) is 7.15. The number of rotatable bonds is 5. The topological polar surface area (TPSA) is 12.0 Å². The fourth-order valence-corrected chi connectivity index (χ4v) is 3.32. The Morgan fingerprint density at radius 1 is 1.05 bits per heavy atom. The first-order valence-electron chi connectivity index (χ1n) is 7.15. The molecule has 0 aliphatic heterocycles. The van der Waals surface area contributed by atoms with Crippen molar-refractivity contribution in [2.75, 3.05) is 5.32 Å². The van der Waals surface area contributed by atoms with Gasteiger partial charge in [-0.2, -0.15) is 0 Å². The van der Waals surface area contributed by atoms with Crippen LogP contribution in [0.3, 0.4) is 0 Å². The summed E-state index contributed by atoms with van der Waals surface area (Å²) in [5.41, 5.74) is 2.57. The Labute approximate surface area is 124 Å². The molecule has 0 spiro atoms. The molecule has 3 rings (SSSR count). The van der Waals surface area contributed by atoms with Gasteiger partial charge >= 0.3 is 0 Å². The van der Waals surface area contributed by atoms with Crippen molar-refractivity contribution in [2.45, 2.75) is 25.8 Å². The summed E-state index contributed by atoms with van der Waals surface area (Å²) in [4.78, 5) is 0. The molecule has 2 heteroatoms. The molecule has 1 aromatic heterocycles. The summed E-state index contributed by atoms with van der Waals surface area (Å²) in [6.07, 6.45) is 2.32. The van der Waals surface area contributed by atoms with Crippen LogP contribution in [-0.4, -0.2) is 0 Å². The predicted molar refractivity (Wildman–Crippen MR) is 89.5 cm³/mol. The first-order chi connectivity index (χ1) is 9.86. The first kappa shape index (κ1) is 13.2. The van der Waals surface area contributed by atoms with Crippen molar-refractivity contribution in [2.24, 2.45) is 0 Å². The third kappa shape index (κ3) is 2.86. The van der Waals surface area contributed by atoms with Gasteiger partial charge in [-0.1, -0.05) is 43.7 Å². The maximum Gasteiger partial charge on any atom is 0.0513 e. The van der Waals surface area contributed by atoms with Crippen LogP contribution in [0.25, 0.3) is 10.1 Å². The number of anilines is 1. The van der Waals surface area contributed by atoms with Gasteiger partial charge in [-0.25, -0.2) is 0 Å². The SMILES string of the molecule is CCCC(Nc1ccc2sccc2c1)c1ccccc1. The lowest BCUT2D eigenvalue weighted by molar-refractivity contribution is 0.678. The lowest BCUT2D eigenvalue weighted by atomic mass is 10.0. The Balaban J connectivity index is 1.85. The average Bonchev–Trinajstić information content (AvgIpc) is 2.95. The van der Waals surface area contributed by atoms with E-state index < -0.39 is 0 Å². The zero-order chi connectivity index (χ0) is 13.8. The molecule has 1 heterocycles. The van der Waals surface area contributed by atoms with E-state index in [-0.39, 0.29) is 0 Å². The van der Waals surface area contributed by atoms with Crippen LogP contribution in [0.1, 0.15) is 31.4 Å². The van der Waals surface area contributed by atoms with Crippen LogP contribution >= 0.6 is 11.3 Å². The predicted octanol–water partition coefficient (Wildman–Crippen LogP) is 5.85. The normalized spacial score (nSPS) is 12.4. The standard InChI is InChI=1S/C18H19NS/c1-2-6-17(14-7-4-3-5-8-14)19-16-9-10-18-15(13-16)11-12-20-18/h3-5,7-13,17,19H,2,6H2,1H3. The number of hydrogen-bond donors (Lipinski definition) is 1. The molecule has 0 fully saturated rings. The molecule has 0 saturated heterocycles. The van der Waals surface area contributed by atoms with E-state index in [0.29, 0.717) is 6.04 Å². The lowest BCUT2D eigenvalue weighted by Gasteiger charge is -2.20. The second-order valence-electron chi connectivity index (χ2n) is 5.07. The number of hydrogen-bond acceptors (Lipinski definition) is 2. The molecule has 0 amide bonds. The second-order valence-corrected chi connectivity index (χ2v) is 6.02. The summed E-state index contributed by atoms with van der Waals surface area (Å²) in [7, 11) is 0. The molecule has 1 nitrogen and oxygen atoms in total. The van der Waals surface area contributed by atoms with Gasteiger partial charge in [0.1, 0.15) is 0 Å². The summed E-state index contributed by atoms with van der Waals surface area (Å²) in [6.45, 7) is 2.24. The summed E-state index contributed by atoms with van der Waals surface area (Å²) < 4.78 is 1.35. The summed E-state index contributed by atoms with van der Waals surface area (Å²) >= 11 is 1.79. The van der Waals surface area contributed by atoms with Crippen LogP contribution in [0.4, 0.5) is 5.69 Å². The number of fused-ring (bicyclic) bond motifs is 1. The largest absolute Gasteiger partial charge is 0.378 e. The molecule has 102 valence electrons. The molecule has 1 unspecified atom stereocenters. The minimum absolute atomic E-state index is 0.386. The van der Waals surface area contributed by atoms with Gasteiger partial charge in [0.05, 0.1) is 6.04 Å². The van der Waals surface area contributed by atoms with Crippen molar-refractivity contribution in [1.82, 2.24) is 0 Å². The zero-order valence-electron chi connectivity index (χ0n) is 11.7. The van der Waals surface area contributed by atoms with E-state index in [1.165, 1.54) is 27.8 Å². The number of thiophene rings is 1. The van der Waals surface area contributed by atoms with Crippen LogP contribution in [0.2, 0.25) is 0 Å². The van der Waals surface area contributed by atoms with Gasteiger partial charge in [-0.05, 0) is 47.0 Å². The maximum atomic E-state index is 3.68. The monoisotopic (exact) mass is 281 g/mol. The molecule has 1 atom stereocenters. The van der Waals surface area contributed by atoms with Gasteiger partial charge in [-0.15, -0.1) is 11.3 Å². The van der Waals surface area contributed by atoms with E-state index in [9.17, 15) is 0 Å². The van der Waals surface area contributed by atoms with E-state index in [0.717, 1.165) is 6.42 Å². The van der Waals surface area contributed by atoms with Crippen LogP contribution < -0.4 is 5.32 Å². The Hall–Kier alpha value is -1.80. The Bertz CT molecular complexity index is 672. The molecule has 3 aromatic rings. The Morgan fingerprint density at radius 3 is 2.70 bits per heavy atom. The second kappa shape index (κ2) is 6.10. The molecule has 0 bridgehead atoms. The first-order valence-corrected chi connectivity index (χ1v) is 8.03. The van der Waals surface area contributed by atoms with Gasteiger partial charge in [-0.3, -0.25) is 0 Å².